The second-order valence-corrected chi connectivity index (χ2v) is 8.09. The SMILES string of the molecule is CCNC(Cc1ccc(C(C)(C)C)cc1)C1CCSC1. The highest BCUT2D eigenvalue weighted by Gasteiger charge is 2.25. The molecule has 1 saturated heterocycles. The molecule has 0 amide bonds. The first-order valence-electron chi connectivity index (χ1n) is 7.91. The Morgan fingerprint density at radius 3 is 2.45 bits per heavy atom. The molecule has 1 aromatic carbocycles. The fraction of sp³-hybridized carbons (Fsp3) is 0.667. The molecule has 2 unspecified atom stereocenters. The lowest BCUT2D eigenvalue weighted by molar-refractivity contribution is 0.387. The normalized spacial score (nSPS) is 21.1. The smallest absolute Gasteiger partial charge is 0.0144 e. The first-order chi connectivity index (χ1) is 9.50. The Morgan fingerprint density at radius 2 is 1.95 bits per heavy atom. The third-order valence-electron chi connectivity index (χ3n) is 4.28. The van der Waals surface area contributed by atoms with Crippen molar-refractivity contribution in [2.24, 2.45) is 5.92 Å². The molecule has 2 rings (SSSR count). The molecule has 1 nitrogen and oxygen atoms in total. The van der Waals surface area contributed by atoms with E-state index in [-0.39, 0.29) is 5.41 Å². The van der Waals surface area contributed by atoms with E-state index >= 15 is 0 Å². The van der Waals surface area contributed by atoms with E-state index in [0.29, 0.717) is 6.04 Å². The van der Waals surface area contributed by atoms with Crippen molar-refractivity contribution >= 4 is 11.8 Å². The Hall–Kier alpha value is -0.470. The Morgan fingerprint density at radius 1 is 1.25 bits per heavy atom. The highest BCUT2D eigenvalue weighted by molar-refractivity contribution is 7.99. The summed E-state index contributed by atoms with van der Waals surface area (Å²) < 4.78 is 0. The summed E-state index contributed by atoms with van der Waals surface area (Å²) in [6, 6.07) is 9.92. The van der Waals surface area contributed by atoms with Gasteiger partial charge < -0.3 is 5.32 Å². The van der Waals surface area contributed by atoms with E-state index in [0.717, 1.165) is 12.5 Å². The Bertz CT molecular complexity index is 398. The van der Waals surface area contributed by atoms with Crippen LogP contribution in [0.25, 0.3) is 0 Å². The quantitative estimate of drug-likeness (QED) is 0.870. The number of likely N-dealkylation sites (N-methyl/N-ethyl adjacent to an activating group) is 1. The second-order valence-electron chi connectivity index (χ2n) is 6.94. The number of rotatable bonds is 5. The number of thioether (sulfide) groups is 1. The average molecular weight is 292 g/mol. The van der Waals surface area contributed by atoms with Crippen LogP contribution in [0, 0.1) is 5.92 Å². The van der Waals surface area contributed by atoms with Crippen molar-refractivity contribution < 1.29 is 0 Å². The van der Waals surface area contributed by atoms with Crippen molar-refractivity contribution in [1.29, 1.82) is 0 Å². The minimum Gasteiger partial charge on any atom is -0.314 e. The van der Waals surface area contributed by atoms with Crippen LogP contribution in [0.5, 0.6) is 0 Å². The zero-order chi connectivity index (χ0) is 14.6. The van der Waals surface area contributed by atoms with Crippen LogP contribution >= 0.6 is 11.8 Å². The van der Waals surface area contributed by atoms with Crippen LogP contribution in [0.15, 0.2) is 24.3 Å². The summed E-state index contributed by atoms with van der Waals surface area (Å²) in [6.07, 6.45) is 2.55. The lowest BCUT2D eigenvalue weighted by Gasteiger charge is -2.25. The molecule has 1 heterocycles. The van der Waals surface area contributed by atoms with Crippen molar-refractivity contribution in [3.63, 3.8) is 0 Å². The number of nitrogens with one attached hydrogen (secondary N) is 1. The van der Waals surface area contributed by atoms with Gasteiger partial charge in [0.1, 0.15) is 0 Å². The maximum Gasteiger partial charge on any atom is 0.0144 e. The molecular weight excluding hydrogens is 262 g/mol. The highest BCUT2D eigenvalue weighted by atomic mass is 32.2. The van der Waals surface area contributed by atoms with Crippen molar-refractivity contribution in [3.8, 4) is 0 Å². The molecule has 0 spiro atoms. The van der Waals surface area contributed by atoms with Crippen LogP contribution in [0.4, 0.5) is 0 Å². The van der Waals surface area contributed by atoms with Crippen molar-refractivity contribution in [2.45, 2.75) is 52.0 Å². The minimum absolute atomic E-state index is 0.252. The third kappa shape index (κ3) is 4.26. The molecule has 2 heteroatoms. The first kappa shape index (κ1) is 15.9. The van der Waals surface area contributed by atoms with E-state index < -0.39 is 0 Å². The van der Waals surface area contributed by atoms with Gasteiger partial charge in [-0.15, -0.1) is 0 Å². The summed E-state index contributed by atoms with van der Waals surface area (Å²) >= 11 is 2.11. The summed E-state index contributed by atoms with van der Waals surface area (Å²) in [7, 11) is 0. The van der Waals surface area contributed by atoms with E-state index in [1.54, 1.807) is 0 Å². The predicted molar refractivity (Wildman–Crippen MR) is 91.7 cm³/mol. The number of hydrogen-bond donors (Lipinski definition) is 1. The molecule has 0 saturated carbocycles. The topological polar surface area (TPSA) is 12.0 Å². The van der Waals surface area contributed by atoms with Crippen LogP contribution in [0.2, 0.25) is 0 Å². The molecule has 1 aromatic rings. The first-order valence-corrected chi connectivity index (χ1v) is 9.06. The van der Waals surface area contributed by atoms with Crippen molar-refractivity contribution in [3.05, 3.63) is 35.4 Å². The summed E-state index contributed by atoms with van der Waals surface area (Å²) in [5.41, 5.74) is 3.15. The van der Waals surface area contributed by atoms with Gasteiger partial charge in [-0.2, -0.15) is 11.8 Å². The van der Waals surface area contributed by atoms with Crippen LogP contribution < -0.4 is 5.32 Å². The molecular formula is C18H29NS. The van der Waals surface area contributed by atoms with E-state index in [9.17, 15) is 0 Å². The van der Waals surface area contributed by atoms with Crippen LogP contribution in [-0.2, 0) is 11.8 Å². The third-order valence-corrected chi connectivity index (χ3v) is 5.46. The molecule has 0 aromatic heterocycles. The maximum atomic E-state index is 3.70. The Labute approximate surface area is 128 Å². The standard InChI is InChI=1S/C18H29NS/c1-5-19-17(15-10-11-20-13-15)12-14-6-8-16(9-7-14)18(2,3)4/h6-9,15,17,19H,5,10-13H2,1-4H3. The zero-order valence-electron chi connectivity index (χ0n) is 13.4. The molecule has 2 atom stereocenters. The van der Waals surface area contributed by atoms with Gasteiger partial charge in [0.2, 0.25) is 0 Å². The van der Waals surface area contributed by atoms with Gasteiger partial charge in [-0.25, -0.2) is 0 Å². The minimum atomic E-state index is 0.252. The molecule has 1 aliphatic rings. The lowest BCUT2D eigenvalue weighted by atomic mass is 9.85. The fourth-order valence-corrected chi connectivity index (χ4v) is 4.27. The van der Waals surface area contributed by atoms with E-state index in [2.05, 4.69) is 69.0 Å². The maximum absolute atomic E-state index is 3.70. The van der Waals surface area contributed by atoms with Gasteiger partial charge in [0, 0.05) is 6.04 Å². The van der Waals surface area contributed by atoms with Gasteiger partial charge in [-0.1, -0.05) is 52.0 Å². The van der Waals surface area contributed by atoms with Gasteiger partial charge in [0.25, 0.3) is 0 Å². The van der Waals surface area contributed by atoms with Gasteiger partial charge in [-0.3, -0.25) is 0 Å². The Kier molecular flexibility index (Phi) is 5.57. The Balaban J connectivity index is 2.02. The predicted octanol–water partition coefficient (Wildman–Crippen LogP) is 4.26. The monoisotopic (exact) mass is 291 g/mol. The largest absolute Gasteiger partial charge is 0.314 e. The fourth-order valence-electron chi connectivity index (χ4n) is 2.93. The number of benzene rings is 1. The van der Waals surface area contributed by atoms with Crippen molar-refractivity contribution in [2.75, 3.05) is 18.1 Å². The van der Waals surface area contributed by atoms with Crippen LogP contribution in [-0.4, -0.2) is 24.1 Å². The van der Waals surface area contributed by atoms with Crippen LogP contribution in [0.1, 0.15) is 45.2 Å². The molecule has 1 N–H and O–H groups in total. The zero-order valence-corrected chi connectivity index (χ0v) is 14.2. The van der Waals surface area contributed by atoms with Crippen molar-refractivity contribution in [1.82, 2.24) is 5.32 Å². The summed E-state index contributed by atoms with van der Waals surface area (Å²) in [6.45, 7) is 10.1. The number of hydrogen-bond acceptors (Lipinski definition) is 2. The molecule has 0 radical (unpaired) electrons. The molecule has 1 aliphatic heterocycles. The molecule has 112 valence electrons. The van der Waals surface area contributed by atoms with Gasteiger partial charge in [0.05, 0.1) is 0 Å². The van der Waals surface area contributed by atoms with Gasteiger partial charge >= 0.3 is 0 Å². The molecule has 0 bridgehead atoms. The average Bonchev–Trinajstić information content (AvgIpc) is 2.91. The van der Waals surface area contributed by atoms with Gasteiger partial charge in [-0.05, 0) is 53.4 Å². The molecule has 1 fully saturated rings. The van der Waals surface area contributed by atoms with E-state index in [1.165, 1.54) is 35.5 Å². The molecule has 20 heavy (non-hydrogen) atoms. The summed E-state index contributed by atoms with van der Waals surface area (Å²) in [4.78, 5) is 0. The summed E-state index contributed by atoms with van der Waals surface area (Å²) in [5.74, 6) is 3.52. The van der Waals surface area contributed by atoms with Crippen LogP contribution in [0.3, 0.4) is 0 Å². The summed E-state index contributed by atoms with van der Waals surface area (Å²) in [5, 5.41) is 3.70. The van der Waals surface area contributed by atoms with E-state index in [4.69, 9.17) is 0 Å². The highest BCUT2D eigenvalue weighted by Crippen LogP contribution is 2.28. The van der Waals surface area contributed by atoms with E-state index in [1.807, 2.05) is 0 Å². The van der Waals surface area contributed by atoms with Gasteiger partial charge in [0.15, 0.2) is 0 Å². The lowest BCUT2D eigenvalue weighted by Crippen LogP contribution is -2.38. The second kappa shape index (κ2) is 7.00. The molecule has 0 aliphatic carbocycles.